The zero-order chi connectivity index (χ0) is 12.1. The molecule has 2 rings (SSSR count). The average Bonchev–Trinajstić information content (AvgIpc) is 3.16. The topological polar surface area (TPSA) is 34.2 Å². The molecule has 3 nitrogen and oxygen atoms in total. The van der Waals surface area contributed by atoms with Gasteiger partial charge in [0.15, 0.2) is 0 Å². The van der Waals surface area contributed by atoms with Gasteiger partial charge in [-0.1, -0.05) is 13.0 Å². The van der Waals surface area contributed by atoms with Crippen molar-refractivity contribution in [1.82, 2.24) is 10.3 Å². The molecule has 3 heteroatoms. The van der Waals surface area contributed by atoms with Crippen LogP contribution in [0.3, 0.4) is 0 Å². The lowest BCUT2D eigenvalue weighted by atomic mass is 9.99. The summed E-state index contributed by atoms with van der Waals surface area (Å²) >= 11 is 0. The molecule has 1 N–H and O–H groups in total. The second-order valence-corrected chi connectivity index (χ2v) is 4.77. The van der Waals surface area contributed by atoms with Gasteiger partial charge in [0.25, 0.3) is 0 Å². The summed E-state index contributed by atoms with van der Waals surface area (Å²) in [6.07, 6.45) is 7.73. The highest BCUT2D eigenvalue weighted by atomic mass is 16.5. The van der Waals surface area contributed by atoms with Gasteiger partial charge in [-0.25, -0.2) is 0 Å². The summed E-state index contributed by atoms with van der Waals surface area (Å²) in [4.78, 5) is 4.17. The number of pyridine rings is 1. The molecule has 0 aromatic carbocycles. The molecule has 1 aliphatic rings. The second-order valence-electron chi connectivity index (χ2n) is 4.77. The van der Waals surface area contributed by atoms with Crippen molar-refractivity contribution >= 4 is 0 Å². The Morgan fingerprint density at radius 2 is 2.35 bits per heavy atom. The number of rotatable bonds is 7. The Balaban J connectivity index is 2.00. The molecule has 1 aromatic rings. The van der Waals surface area contributed by atoms with Crippen LogP contribution in [-0.2, 0) is 11.2 Å². The smallest absolute Gasteiger partial charge is 0.0755 e. The van der Waals surface area contributed by atoms with Gasteiger partial charge in [0.05, 0.1) is 6.10 Å². The maximum absolute atomic E-state index is 5.68. The predicted octanol–water partition coefficient (Wildman–Crippen LogP) is 2.03. The fourth-order valence-corrected chi connectivity index (χ4v) is 2.45. The van der Waals surface area contributed by atoms with Crippen molar-refractivity contribution in [2.45, 2.75) is 38.3 Å². The van der Waals surface area contributed by atoms with E-state index in [1.54, 1.807) is 0 Å². The minimum absolute atomic E-state index is 0.343. The summed E-state index contributed by atoms with van der Waals surface area (Å²) in [6, 6.07) is 4.54. The number of aromatic nitrogens is 1. The van der Waals surface area contributed by atoms with Crippen LogP contribution in [0.5, 0.6) is 0 Å². The summed E-state index contributed by atoms with van der Waals surface area (Å²) < 4.78 is 5.68. The first-order valence-electron chi connectivity index (χ1n) is 6.50. The summed E-state index contributed by atoms with van der Waals surface area (Å²) in [5, 5.41) is 3.55. The van der Waals surface area contributed by atoms with E-state index >= 15 is 0 Å². The number of nitrogens with zero attached hydrogens (tertiary/aromatic N) is 1. The summed E-state index contributed by atoms with van der Waals surface area (Å²) in [5.41, 5.74) is 1.28. The van der Waals surface area contributed by atoms with Crippen LogP contribution in [0.2, 0.25) is 0 Å². The van der Waals surface area contributed by atoms with Gasteiger partial charge in [0.2, 0.25) is 0 Å². The van der Waals surface area contributed by atoms with Crippen LogP contribution in [0.4, 0.5) is 0 Å². The molecule has 0 bridgehead atoms. The maximum atomic E-state index is 5.68. The first kappa shape index (κ1) is 12.5. The van der Waals surface area contributed by atoms with Crippen molar-refractivity contribution in [1.29, 1.82) is 0 Å². The highest BCUT2D eigenvalue weighted by Crippen LogP contribution is 2.36. The second kappa shape index (κ2) is 6.12. The van der Waals surface area contributed by atoms with Crippen LogP contribution in [0.15, 0.2) is 24.5 Å². The predicted molar refractivity (Wildman–Crippen MR) is 68.9 cm³/mol. The first-order chi connectivity index (χ1) is 8.35. The third kappa shape index (κ3) is 3.51. The molecule has 0 aliphatic heterocycles. The largest absolute Gasteiger partial charge is 0.380 e. The number of hydrogen-bond acceptors (Lipinski definition) is 3. The number of ether oxygens (including phenoxy) is 1. The fourth-order valence-electron chi connectivity index (χ4n) is 2.45. The van der Waals surface area contributed by atoms with Crippen molar-refractivity contribution in [3.8, 4) is 0 Å². The molecule has 1 fully saturated rings. The monoisotopic (exact) mass is 234 g/mol. The zero-order valence-electron chi connectivity index (χ0n) is 10.7. The minimum Gasteiger partial charge on any atom is -0.380 e. The maximum Gasteiger partial charge on any atom is 0.0755 e. The van der Waals surface area contributed by atoms with Crippen molar-refractivity contribution in [2.24, 2.45) is 5.92 Å². The fraction of sp³-hybridized carbons (Fsp3) is 0.643. The van der Waals surface area contributed by atoms with Gasteiger partial charge < -0.3 is 10.1 Å². The van der Waals surface area contributed by atoms with E-state index in [-0.39, 0.29) is 0 Å². The van der Waals surface area contributed by atoms with Gasteiger partial charge in [0, 0.05) is 25.5 Å². The van der Waals surface area contributed by atoms with E-state index in [0.717, 1.165) is 18.9 Å². The third-order valence-corrected chi connectivity index (χ3v) is 3.40. The van der Waals surface area contributed by atoms with Crippen LogP contribution in [0.1, 0.15) is 25.3 Å². The molecule has 0 saturated heterocycles. The van der Waals surface area contributed by atoms with Crippen LogP contribution in [0, 0.1) is 5.92 Å². The molecular weight excluding hydrogens is 212 g/mol. The molecule has 1 aliphatic carbocycles. The molecule has 1 saturated carbocycles. The van der Waals surface area contributed by atoms with Crippen molar-refractivity contribution in [3.63, 3.8) is 0 Å². The van der Waals surface area contributed by atoms with E-state index in [0.29, 0.717) is 12.1 Å². The summed E-state index contributed by atoms with van der Waals surface area (Å²) in [6.45, 7) is 3.13. The molecule has 2 unspecified atom stereocenters. The van der Waals surface area contributed by atoms with Crippen LogP contribution in [-0.4, -0.2) is 30.8 Å². The average molecular weight is 234 g/mol. The highest BCUT2D eigenvalue weighted by molar-refractivity contribution is 5.11. The molecule has 94 valence electrons. The highest BCUT2D eigenvalue weighted by Gasteiger charge is 2.36. The van der Waals surface area contributed by atoms with Crippen molar-refractivity contribution in [3.05, 3.63) is 30.1 Å². The number of likely N-dealkylation sites (N-methyl/N-ethyl adjacent to an activating group) is 1. The van der Waals surface area contributed by atoms with E-state index in [1.807, 2.05) is 25.6 Å². The molecule has 17 heavy (non-hydrogen) atoms. The lowest BCUT2D eigenvalue weighted by molar-refractivity contribution is 0.0515. The van der Waals surface area contributed by atoms with Gasteiger partial charge in [-0.05, 0) is 43.4 Å². The van der Waals surface area contributed by atoms with E-state index in [9.17, 15) is 0 Å². The first-order valence-corrected chi connectivity index (χ1v) is 6.50. The molecule has 1 aromatic heterocycles. The lowest BCUT2D eigenvalue weighted by Crippen LogP contribution is -2.43. The quantitative estimate of drug-likeness (QED) is 0.784. The zero-order valence-corrected chi connectivity index (χ0v) is 10.7. The van der Waals surface area contributed by atoms with Gasteiger partial charge >= 0.3 is 0 Å². The Hall–Kier alpha value is -0.930. The third-order valence-electron chi connectivity index (χ3n) is 3.40. The number of methoxy groups -OCH3 is 1. The molecule has 1 heterocycles. The molecule has 0 radical (unpaired) electrons. The lowest BCUT2D eigenvalue weighted by Gasteiger charge is -2.26. The Bertz CT molecular complexity index is 324. The summed E-state index contributed by atoms with van der Waals surface area (Å²) in [7, 11) is 1.83. The van der Waals surface area contributed by atoms with E-state index in [4.69, 9.17) is 4.74 Å². The van der Waals surface area contributed by atoms with Gasteiger partial charge in [-0.2, -0.15) is 0 Å². The van der Waals surface area contributed by atoms with Crippen LogP contribution < -0.4 is 5.32 Å². The Morgan fingerprint density at radius 1 is 1.53 bits per heavy atom. The SMILES string of the molecule is CCNC(Cc1cccnc1)C(OC)C1CC1. The Kier molecular flexibility index (Phi) is 4.51. The van der Waals surface area contributed by atoms with E-state index in [2.05, 4.69) is 23.3 Å². The van der Waals surface area contributed by atoms with Gasteiger partial charge in [0.1, 0.15) is 0 Å². The van der Waals surface area contributed by atoms with E-state index in [1.165, 1.54) is 18.4 Å². The minimum atomic E-state index is 0.343. The Morgan fingerprint density at radius 3 is 2.88 bits per heavy atom. The normalized spacial score (nSPS) is 18.9. The number of hydrogen-bond donors (Lipinski definition) is 1. The van der Waals surface area contributed by atoms with Crippen LogP contribution in [0.25, 0.3) is 0 Å². The van der Waals surface area contributed by atoms with Crippen molar-refractivity contribution < 1.29 is 4.74 Å². The van der Waals surface area contributed by atoms with E-state index < -0.39 is 0 Å². The summed E-state index contributed by atoms with van der Waals surface area (Å²) in [5.74, 6) is 0.751. The van der Waals surface area contributed by atoms with Gasteiger partial charge in [-0.3, -0.25) is 4.98 Å². The standard InChI is InChI=1S/C14H22N2O/c1-3-16-13(14(17-2)12-6-7-12)9-11-5-4-8-15-10-11/h4-5,8,10,12-14,16H,3,6-7,9H2,1-2H3. The molecular formula is C14H22N2O. The van der Waals surface area contributed by atoms with Gasteiger partial charge in [-0.15, -0.1) is 0 Å². The van der Waals surface area contributed by atoms with Crippen molar-refractivity contribution in [2.75, 3.05) is 13.7 Å². The molecule has 0 spiro atoms. The van der Waals surface area contributed by atoms with Crippen LogP contribution >= 0.6 is 0 Å². The molecule has 0 amide bonds. The number of nitrogens with one attached hydrogen (secondary N) is 1. The molecule has 2 atom stereocenters. The Labute approximate surface area is 104 Å².